The van der Waals surface area contributed by atoms with E-state index in [9.17, 15) is 18.0 Å². The zero-order valence-electron chi connectivity index (χ0n) is 16.2. The molecule has 2 amide bonds. The molecule has 0 atom stereocenters. The van der Waals surface area contributed by atoms with E-state index in [1.165, 1.54) is 18.2 Å². The van der Waals surface area contributed by atoms with Crippen molar-refractivity contribution in [2.24, 2.45) is 0 Å². The standard InChI is InChI=1S/C21H23ClN2O4S/c1-15-4-7-17(8-5-15)29(27,28)13-10-20(25)23-19-9-6-16(22)14-18(19)21(26)24-11-2-3-12-24/h4-9,14H,2-3,10-13H2,1H3,(H,23,25). The number of hydrogen-bond donors (Lipinski definition) is 1. The third kappa shape index (κ3) is 5.36. The summed E-state index contributed by atoms with van der Waals surface area (Å²) in [5.41, 5.74) is 1.61. The molecule has 0 radical (unpaired) electrons. The van der Waals surface area contributed by atoms with Crippen molar-refractivity contribution in [1.29, 1.82) is 0 Å². The van der Waals surface area contributed by atoms with Crippen LogP contribution in [-0.2, 0) is 14.6 Å². The largest absolute Gasteiger partial charge is 0.339 e. The molecular formula is C21H23ClN2O4S. The second kappa shape index (κ2) is 8.97. The third-order valence-electron chi connectivity index (χ3n) is 4.86. The molecule has 8 heteroatoms. The fourth-order valence-corrected chi connectivity index (χ4v) is 4.61. The maximum atomic E-state index is 12.8. The molecule has 1 fully saturated rings. The van der Waals surface area contributed by atoms with Gasteiger partial charge in [0.05, 0.1) is 21.9 Å². The van der Waals surface area contributed by atoms with Crippen LogP contribution in [-0.4, -0.2) is 44.0 Å². The number of hydrogen-bond acceptors (Lipinski definition) is 4. The van der Waals surface area contributed by atoms with Gasteiger partial charge in [0, 0.05) is 24.5 Å². The van der Waals surface area contributed by atoms with Gasteiger partial charge in [0.1, 0.15) is 0 Å². The third-order valence-corrected chi connectivity index (χ3v) is 6.82. The highest BCUT2D eigenvalue weighted by molar-refractivity contribution is 7.91. The van der Waals surface area contributed by atoms with Gasteiger partial charge in [-0.2, -0.15) is 0 Å². The van der Waals surface area contributed by atoms with Gasteiger partial charge in [-0.1, -0.05) is 29.3 Å². The molecule has 2 aromatic rings. The molecule has 0 spiro atoms. The van der Waals surface area contributed by atoms with E-state index in [4.69, 9.17) is 11.6 Å². The van der Waals surface area contributed by atoms with Crippen LogP contribution in [0.5, 0.6) is 0 Å². The quantitative estimate of drug-likeness (QED) is 0.751. The predicted octanol–water partition coefficient (Wildman–Crippen LogP) is 3.69. The lowest BCUT2D eigenvalue weighted by molar-refractivity contribution is -0.115. The number of carbonyl (C=O) groups is 2. The van der Waals surface area contributed by atoms with Gasteiger partial charge in [-0.05, 0) is 50.1 Å². The lowest BCUT2D eigenvalue weighted by atomic mass is 10.1. The van der Waals surface area contributed by atoms with Gasteiger partial charge in [-0.3, -0.25) is 9.59 Å². The van der Waals surface area contributed by atoms with Crippen LogP contribution in [0.25, 0.3) is 0 Å². The first-order valence-corrected chi connectivity index (χ1v) is 11.5. The van der Waals surface area contributed by atoms with Gasteiger partial charge in [-0.15, -0.1) is 0 Å². The molecule has 0 aliphatic carbocycles. The Morgan fingerprint density at radius 2 is 1.72 bits per heavy atom. The number of carbonyl (C=O) groups excluding carboxylic acids is 2. The van der Waals surface area contributed by atoms with E-state index in [0.717, 1.165) is 18.4 Å². The second-order valence-corrected chi connectivity index (χ2v) is 9.66. The van der Waals surface area contributed by atoms with Gasteiger partial charge in [0.2, 0.25) is 5.91 Å². The molecule has 1 heterocycles. The first-order valence-electron chi connectivity index (χ1n) is 9.44. The zero-order valence-corrected chi connectivity index (χ0v) is 17.7. The normalized spacial score (nSPS) is 14.1. The summed E-state index contributed by atoms with van der Waals surface area (Å²) in [5, 5.41) is 3.06. The summed E-state index contributed by atoms with van der Waals surface area (Å²) in [4.78, 5) is 27.1. The van der Waals surface area contributed by atoms with Crippen LogP contribution >= 0.6 is 11.6 Å². The van der Waals surface area contributed by atoms with Crippen molar-refractivity contribution >= 4 is 38.9 Å². The van der Waals surface area contributed by atoms with Crippen LogP contribution in [0.3, 0.4) is 0 Å². The Balaban J connectivity index is 1.69. The van der Waals surface area contributed by atoms with Crippen molar-refractivity contribution in [3.8, 4) is 0 Å². The van der Waals surface area contributed by atoms with Crippen LogP contribution < -0.4 is 5.32 Å². The molecular weight excluding hydrogens is 412 g/mol. The fourth-order valence-electron chi connectivity index (χ4n) is 3.20. The van der Waals surface area contributed by atoms with Crippen molar-refractivity contribution in [3.05, 3.63) is 58.6 Å². The van der Waals surface area contributed by atoms with Crippen molar-refractivity contribution in [2.75, 3.05) is 24.2 Å². The van der Waals surface area contributed by atoms with Gasteiger partial charge in [-0.25, -0.2) is 8.42 Å². The van der Waals surface area contributed by atoms with E-state index in [-0.39, 0.29) is 23.0 Å². The monoisotopic (exact) mass is 434 g/mol. The van der Waals surface area contributed by atoms with Gasteiger partial charge >= 0.3 is 0 Å². The van der Waals surface area contributed by atoms with Gasteiger partial charge in [0.25, 0.3) is 5.91 Å². The Bertz CT molecular complexity index is 1010. The molecule has 154 valence electrons. The summed E-state index contributed by atoms with van der Waals surface area (Å²) in [6, 6.07) is 11.2. The number of benzene rings is 2. The average molecular weight is 435 g/mol. The maximum absolute atomic E-state index is 12.8. The van der Waals surface area contributed by atoms with Crippen LogP contribution in [0, 0.1) is 6.92 Å². The van der Waals surface area contributed by atoms with E-state index in [2.05, 4.69) is 5.32 Å². The van der Waals surface area contributed by atoms with Crippen molar-refractivity contribution in [3.63, 3.8) is 0 Å². The Labute approximate surface area is 175 Å². The number of likely N-dealkylation sites (tertiary alicyclic amines) is 1. The number of sulfone groups is 1. The molecule has 0 aromatic heterocycles. The second-order valence-electron chi connectivity index (χ2n) is 7.12. The van der Waals surface area contributed by atoms with E-state index in [1.54, 1.807) is 29.2 Å². The highest BCUT2D eigenvalue weighted by Gasteiger charge is 2.23. The van der Waals surface area contributed by atoms with E-state index >= 15 is 0 Å². The summed E-state index contributed by atoms with van der Waals surface area (Å²) in [5.74, 6) is -0.976. The first kappa shape index (κ1) is 21.3. The molecule has 1 N–H and O–H groups in total. The van der Waals surface area contributed by atoms with Crippen LogP contribution in [0.4, 0.5) is 5.69 Å². The molecule has 2 aromatic carbocycles. The van der Waals surface area contributed by atoms with Crippen LogP contribution in [0.2, 0.25) is 5.02 Å². The highest BCUT2D eigenvalue weighted by atomic mass is 35.5. The average Bonchev–Trinajstić information content (AvgIpc) is 3.22. The molecule has 6 nitrogen and oxygen atoms in total. The smallest absolute Gasteiger partial charge is 0.256 e. The number of aryl methyl sites for hydroxylation is 1. The fraction of sp³-hybridized carbons (Fsp3) is 0.333. The Morgan fingerprint density at radius 1 is 1.07 bits per heavy atom. The van der Waals surface area contributed by atoms with Crippen LogP contribution in [0.15, 0.2) is 47.4 Å². The molecule has 0 bridgehead atoms. The molecule has 0 saturated carbocycles. The minimum Gasteiger partial charge on any atom is -0.339 e. The summed E-state index contributed by atoms with van der Waals surface area (Å²) < 4.78 is 24.9. The van der Waals surface area contributed by atoms with E-state index in [0.29, 0.717) is 29.4 Å². The van der Waals surface area contributed by atoms with Gasteiger partial charge < -0.3 is 10.2 Å². The summed E-state index contributed by atoms with van der Waals surface area (Å²) in [7, 11) is -3.57. The zero-order chi connectivity index (χ0) is 21.0. The predicted molar refractivity (Wildman–Crippen MR) is 113 cm³/mol. The van der Waals surface area contributed by atoms with Gasteiger partial charge in [0.15, 0.2) is 9.84 Å². The molecule has 3 rings (SSSR count). The molecule has 0 unspecified atom stereocenters. The lowest BCUT2D eigenvalue weighted by Crippen LogP contribution is -2.29. The number of amides is 2. The SMILES string of the molecule is Cc1ccc(S(=O)(=O)CCC(=O)Nc2ccc(Cl)cc2C(=O)N2CCCC2)cc1. The molecule has 1 saturated heterocycles. The molecule has 29 heavy (non-hydrogen) atoms. The summed E-state index contributed by atoms with van der Waals surface area (Å²) in [6.07, 6.45) is 1.69. The molecule has 1 aliphatic heterocycles. The minimum atomic E-state index is -3.57. The van der Waals surface area contributed by atoms with E-state index < -0.39 is 15.7 Å². The number of anilines is 1. The first-order chi connectivity index (χ1) is 13.8. The Hall–Kier alpha value is -2.38. The summed E-state index contributed by atoms with van der Waals surface area (Å²) >= 11 is 6.04. The minimum absolute atomic E-state index is 0.187. The van der Waals surface area contributed by atoms with Crippen LogP contribution in [0.1, 0.15) is 35.2 Å². The van der Waals surface area contributed by atoms with Crippen molar-refractivity contribution in [2.45, 2.75) is 31.1 Å². The van der Waals surface area contributed by atoms with Crippen molar-refractivity contribution < 1.29 is 18.0 Å². The van der Waals surface area contributed by atoms with Crippen molar-refractivity contribution in [1.82, 2.24) is 4.90 Å². The number of rotatable bonds is 6. The Morgan fingerprint density at radius 3 is 2.38 bits per heavy atom. The Kier molecular flexibility index (Phi) is 6.59. The maximum Gasteiger partial charge on any atom is 0.256 e. The number of halogens is 1. The highest BCUT2D eigenvalue weighted by Crippen LogP contribution is 2.24. The number of nitrogens with one attached hydrogen (secondary N) is 1. The summed E-state index contributed by atoms with van der Waals surface area (Å²) in [6.45, 7) is 3.22. The molecule has 1 aliphatic rings. The topological polar surface area (TPSA) is 83.5 Å². The lowest BCUT2D eigenvalue weighted by Gasteiger charge is -2.18. The van der Waals surface area contributed by atoms with E-state index in [1.807, 2.05) is 6.92 Å². The number of nitrogens with zero attached hydrogens (tertiary/aromatic N) is 1.